The molecule has 2 rings (SSSR count). The third-order valence-corrected chi connectivity index (χ3v) is 3.42. The average molecular weight is 265 g/mol. The Kier molecular flexibility index (Phi) is 3.40. The fourth-order valence-electron chi connectivity index (χ4n) is 2.17. The molecule has 78 valence electrons. The quantitative estimate of drug-likeness (QED) is 0.768. The zero-order chi connectivity index (χ0) is 10.7. The van der Waals surface area contributed by atoms with E-state index in [9.17, 15) is 0 Å². The summed E-state index contributed by atoms with van der Waals surface area (Å²) in [5.74, 6) is 0. The van der Waals surface area contributed by atoms with Gasteiger partial charge in [-0.05, 0) is 37.1 Å². The third kappa shape index (κ3) is 2.39. The first-order chi connectivity index (χ1) is 7.31. The van der Waals surface area contributed by atoms with Crippen LogP contribution in [0.3, 0.4) is 0 Å². The summed E-state index contributed by atoms with van der Waals surface area (Å²) < 4.78 is 1.11. The molecule has 0 bridgehead atoms. The maximum absolute atomic E-state index is 8.74. The lowest BCUT2D eigenvalue weighted by Gasteiger charge is -2.21. The Morgan fingerprint density at radius 1 is 1.40 bits per heavy atom. The molecule has 2 nitrogen and oxygen atoms in total. The second-order valence-electron chi connectivity index (χ2n) is 3.84. The van der Waals surface area contributed by atoms with Gasteiger partial charge in [-0.3, -0.25) is 4.90 Å². The highest BCUT2D eigenvalue weighted by molar-refractivity contribution is 9.10. The van der Waals surface area contributed by atoms with Crippen molar-refractivity contribution in [1.29, 1.82) is 5.26 Å². The Morgan fingerprint density at radius 3 is 2.80 bits per heavy atom. The molecule has 0 radical (unpaired) electrons. The van der Waals surface area contributed by atoms with E-state index in [4.69, 9.17) is 5.26 Å². The first-order valence-corrected chi connectivity index (χ1v) is 5.97. The predicted molar refractivity (Wildman–Crippen MR) is 63.3 cm³/mol. The summed E-state index contributed by atoms with van der Waals surface area (Å²) in [4.78, 5) is 2.25. The molecule has 1 atom stereocenters. The van der Waals surface area contributed by atoms with Crippen LogP contribution in [-0.2, 0) is 0 Å². The van der Waals surface area contributed by atoms with Gasteiger partial charge >= 0.3 is 0 Å². The number of halogens is 1. The zero-order valence-corrected chi connectivity index (χ0v) is 10.1. The topological polar surface area (TPSA) is 27.0 Å². The van der Waals surface area contributed by atoms with Gasteiger partial charge in [0.1, 0.15) is 0 Å². The Labute approximate surface area is 98.6 Å². The minimum absolute atomic E-state index is 0.442. The molecule has 0 N–H and O–H groups in total. The highest BCUT2D eigenvalue weighted by Gasteiger charge is 2.25. The van der Waals surface area contributed by atoms with Gasteiger partial charge in [0.15, 0.2) is 0 Å². The molecule has 0 aliphatic carbocycles. The maximum Gasteiger partial charge on any atom is 0.0871 e. The highest BCUT2D eigenvalue weighted by Crippen LogP contribution is 2.31. The molecule has 1 aliphatic rings. The molecule has 0 spiro atoms. The molecule has 1 aliphatic heterocycles. The molecule has 3 heteroatoms. The van der Waals surface area contributed by atoms with Crippen LogP contribution in [0.4, 0.5) is 0 Å². The number of rotatable bonds is 2. The van der Waals surface area contributed by atoms with Gasteiger partial charge in [-0.1, -0.05) is 28.1 Å². The Morgan fingerprint density at radius 2 is 2.13 bits per heavy atom. The second-order valence-corrected chi connectivity index (χ2v) is 4.75. The zero-order valence-electron chi connectivity index (χ0n) is 8.49. The van der Waals surface area contributed by atoms with Crippen LogP contribution in [0.5, 0.6) is 0 Å². The van der Waals surface area contributed by atoms with Crippen LogP contribution >= 0.6 is 15.9 Å². The van der Waals surface area contributed by atoms with E-state index < -0.39 is 0 Å². The number of benzene rings is 1. The molecule has 1 unspecified atom stereocenters. The van der Waals surface area contributed by atoms with Gasteiger partial charge < -0.3 is 0 Å². The summed E-state index contributed by atoms with van der Waals surface area (Å²) in [6.45, 7) is 1.59. The van der Waals surface area contributed by atoms with Gasteiger partial charge in [0.25, 0.3) is 0 Å². The van der Waals surface area contributed by atoms with Crippen molar-refractivity contribution in [1.82, 2.24) is 4.90 Å². The van der Waals surface area contributed by atoms with Crippen molar-refractivity contribution < 1.29 is 0 Å². The van der Waals surface area contributed by atoms with Crippen LogP contribution in [0.2, 0.25) is 0 Å². The summed E-state index contributed by atoms with van der Waals surface area (Å²) in [6.07, 6.45) is 2.37. The van der Waals surface area contributed by atoms with Gasteiger partial charge in [-0.15, -0.1) is 0 Å². The average Bonchev–Trinajstić information content (AvgIpc) is 2.68. The summed E-state index contributed by atoms with van der Waals surface area (Å²) >= 11 is 3.43. The second kappa shape index (κ2) is 4.78. The smallest absolute Gasteiger partial charge is 0.0871 e. The Hall–Kier alpha value is -0.850. The van der Waals surface area contributed by atoms with E-state index in [1.807, 2.05) is 0 Å². The monoisotopic (exact) mass is 264 g/mol. The van der Waals surface area contributed by atoms with Crippen molar-refractivity contribution in [3.8, 4) is 6.07 Å². The molecule has 0 amide bonds. The predicted octanol–water partition coefficient (Wildman–Crippen LogP) is 3.11. The van der Waals surface area contributed by atoms with E-state index in [2.05, 4.69) is 51.2 Å². The molecule has 0 aromatic heterocycles. The fraction of sp³-hybridized carbons (Fsp3) is 0.417. The van der Waals surface area contributed by atoms with Crippen molar-refractivity contribution in [2.75, 3.05) is 13.1 Å². The van der Waals surface area contributed by atoms with Crippen LogP contribution in [0.15, 0.2) is 28.7 Å². The van der Waals surface area contributed by atoms with Crippen molar-refractivity contribution >= 4 is 15.9 Å². The van der Waals surface area contributed by atoms with Crippen LogP contribution in [0, 0.1) is 11.3 Å². The van der Waals surface area contributed by atoms with E-state index in [1.165, 1.54) is 18.4 Å². The lowest BCUT2D eigenvalue weighted by molar-refractivity contribution is 0.289. The molecule has 1 fully saturated rings. The minimum Gasteiger partial charge on any atom is -0.283 e. The summed E-state index contributed by atoms with van der Waals surface area (Å²) in [5.41, 5.74) is 1.32. The largest absolute Gasteiger partial charge is 0.283 e. The number of hydrogen-bond donors (Lipinski definition) is 0. The molecule has 15 heavy (non-hydrogen) atoms. The summed E-state index contributed by atoms with van der Waals surface area (Å²) in [7, 11) is 0. The maximum atomic E-state index is 8.74. The minimum atomic E-state index is 0.442. The van der Waals surface area contributed by atoms with Crippen LogP contribution < -0.4 is 0 Å². The van der Waals surface area contributed by atoms with Crippen molar-refractivity contribution in [2.24, 2.45) is 0 Å². The van der Waals surface area contributed by atoms with Crippen LogP contribution in [-0.4, -0.2) is 18.0 Å². The van der Waals surface area contributed by atoms with Gasteiger partial charge in [-0.25, -0.2) is 0 Å². The first kappa shape index (κ1) is 10.7. The molecular formula is C12H13BrN2. The lowest BCUT2D eigenvalue weighted by atomic mass is 10.1. The molecule has 1 heterocycles. The molecule has 1 saturated heterocycles. The molecular weight excluding hydrogens is 252 g/mol. The molecule has 1 aromatic rings. The van der Waals surface area contributed by atoms with Gasteiger partial charge in [-0.2, -0.15) is 5.26 Å². The molecule has 0 saturated carbocycles. The van der Waals surface area contributed by atoms with Crippen molar-refractivity contribution in [3.05, 3.63) is 34.3 Å². The normalized spacial score (nSPS) is 21.5. The van der Waals surface area contributed by atoms with Crippen LogP contribution in [0.1, 0.15) is 24.4 Å². The van der Waals surface area contributed by atoms with Crippen molar-refractivity contribution in [3.63, 3.8) is 0 Å². The van der Waals surface area contributed by atoms with Gasteiger partial charge in [0, 0.05) is 10.5 Å². The lowest BCUT2D eigenvalue weighted by Crippen LogP contribution is -2.23. The van der Waals surface area contributed by atoms with E-state index >= 15 is 0 Å². The van der Waals surface area contributed by atoms with E-state index in [1.54, 1.807) is 0 Å². The number of nitriles is 1. The van der Waals surface area contributed by atoms with Gasteiger partial charge in [0.2, 0.25) is 0 Å². The van der Waals surface area contributed by atoms with E-state index in [0.29, 0.717) is 12.6 Å². The first-order valence-electron chi connectivity index (χ1n) is 5.18. The fourth-order valence-corrected chi connectivity index (χ4v) is 2.43. The number of nitrogens with zero attached hydrogens (tertiary/aromatic N) is 2. The summed E-state index contributed by atoms with van der Waals surface area (Å²) in [6, 6.07) is 11.1. The summed E-state index contributed by atoms with van der Waals surface area (Å²) in [5, 5.41) is 8.74. The Bertz CT molecular complexity index is 366. The molecule has 1 aromatic carbocycles. The Balaban J connectivity index is 2.16. The van der Waals surface area contributed by atoms with Crippen LogP contribution in [0.25, 0.3) is 0 Å². The highest BCUT2D eigenvalue weighted by atomic mass is 79.9. The number of hydrogen-bond acceptors (Lipinski definition) is 2. The standard InChI is InChI=1S/C12H13BrN2/c13-11-5-3-10(4-6-11)12-2-1-8-15(12)9-7-14/h3-6,12H,1-2,8-9H2. The SMILES string of the molecule is N#CCN1CCCC1c1ccc(Br)cc1. The van der Waals surface area contributed by atoms with Gasteiger partial charge in [0.05, 0.1) is 12.6 Å². The van der Waals surface area contributed by atoms with Crippen molar-refractivity contribution in [2.45, 2.75) is 18.9 Å². The number of likely N-dealkylation sites (tertiary alicyclic amines) is 1. The third-order valence-electron chi connectivity index (χ3n) is 2.89. The van der Waals surface area contributed by atoms with E-state index in [0.717, 1.165) is 11.0 Å². The van der Waals surface area contributed by atoms with E-state index in [-0.39, 0.29) is 0 Å².